The first kappa shape index (κ1) is 20.8. The minimum atomic E-state index is -0.527. The van der Waals surface area contributed by atoms with E-state index in [0.29, 0.717) is 21.6 Å². The normalized spacial score (nSPS) is 16.2. The molecule has 2 heterocycles. The van der Waals surface area contributed by atoms with E-state index < -0.39 is 6.09 Å². The lowest BCUT2D eigenvalue weighted by molar-refractivity contribution is 0.212. The Balaban J connectivity index is 1.58. The molecule has 0 aliphatic carbocycles. The van der Waals surface area contributed by atoms with Crippen LogP contribution in [0.25, 0.3) is 0 Å². The number of anilines is 1. The van der Waals surface area contributed by atoms with Crippen molar-refractivity contribution in [3.63, 3.8) is 0 Å². The molecule has 1 aromatic heterocycles. The first-order valence-corrected chi connectivity index (χ1v) is 10.4. The number of rotatable bonds is 3. The molecule has 1 atom stereocenters. The second-order valence-electron chi connectivity index (χ2n) is 7.81. The van der Waals surface area contributed by atoms with Crippen LogP contribution < -0.4 is 10.1 Å². The Bertz CT molecular complexity index is 1110. The predicted octanol–water partition coefficient (Wildman–Crippen LogP) is 5.83. The van der Waals surface area contributed by atoms with E-state index in [1.54, 1.807) is 10.6 Å². The zero-order chi connectivity index (χ0) is 21.4. The van der Waals surface area contributed by atoms with Gasteiger partial charge in [0.15, 0.2) is 0 Å². The molecule has 2 aromatic carbocycles. The number of carbonyl (C=O) groups is 1. The van der Waals surface area contributed by atoms with Crippen molar-refractivity contribution in [1.82, 2.24) is 9.47 Å². The van der Waals surface area contributed by atoms with Crippen LogP contribution >= 0.6 is 23.2 Å². The van der Waals surface area contributed by atoms with Crippen molar-refractivity contribution in [3.05, 3.63) is 81.0 Å². The maximum atomic E-state index is 12.4. The Hall–Kier alpha value is -2.47. The third kappa shape index (κ3) is 4.33. The Labute approximate surface area is 186 Å². The van der Waals surface area contributed by atoms with Crippen molar-refractivity contribution in [2.24, 2.45) is 7.05 Å². The largest absolute Gasteiger partial charge is 0.418 e. The van der Waals surface area contributed by atoms with Crippen LogP contribution in [0.4, 0.5) is 10.5 Å². The predicted molar refractivity (Wildman–Crippen MR) is 121 cm³/mol. The third-order valence-corrected chi connectivity index (χ3v) is 5.88. The van der Waals surface area contributed by atoms with Crippen molar-refractivity contribution in [3.8, 4) is 5.88 Å². The van der Waals surface area contributed by atoms with Crippen molar-refractivity contribution >= 4 is 35.0 Å². The van der Waals surface area contributed by atoms with Gasteiger partial charge in [-0.2, -0.15) is 0 Å². The molecule has 0 bridgehead atoms. The highest BCUT2D eigenvalue weighted by atomic mass is 35.5. The van der Waals surface area contributed by atoms with Crippen LogP contribution in [0.2, 0.25) is 10.0 Å². The maximum Gasteiger partial charge on any atom is 0.418 e. The summed E-state index contributed by atoms with van der Waals surface area (Å²) in [5.74, 6) is 0.594. The van der Waals surface area contributed by atoms with Gasteiger partial charge in [-0.1, -0.05) is 35.3 Å². The monoisotopic (exact) mass is 443 g/mol. The van der Waals surface area contributed by atoms with Crippen LogP contribution in [0.1, 0.15) is 28.2 Å². The molecule has 0 spiro atoms. The lowest BCUT2D eigenvalue weighted by atomic mass is 9.84. The molecule has 0 saturated heterocycles. The van der Waals surface area contributed by atoms with Gasteiger partial charge >= 0.3 is 6.09 Å². The van der Waals surface area contributed by atoms with Crippen LogP contribution in [-0.4, -0.2) is 29.2 Å². The number of likely N-dealkylation sites (N-methyl/N-ethyl adjacent to an activating group) is 1. The zero-order valence-corrected chi connectivity index (χ0v) is 18.6. The number of amides is 1. The molecule has 3 aromatic rings. The summed E-state index contributed by atoms with van der Waals surface area (Å²) in [7, 11) is 3.91. The number of hydrogen-bond acceptors (Lipinski definition) is 3. The summed E-state index contributed by atoms with van der Waals surface area (Å²) >= 11 is 12.8. The van der Waals surface area contributed by atoms with Gasteiger partial charge in [0.25, 0.3) is 0 Å². The molecule has 0 fully saturated rings. The molecule has 7 heteroatoms. The van der Waals surface area contributed by atoms with Gasteiger partial charge in [-0.15, -0.1) is 0 Å². The van der Waals surface area contributed by atoms with Crippen LogP contribution in [0.15, 0.2) is 48.7 Å². The number of aromatic nitrogens is 1. The highest BCUT2D eigenvalue weighted by Gasteiger charge is 2.27. The fraction of sp³-hybridized carbons (Fsp3) is 0.261. The van der Waals surface area contributed by atoms with E-state index in [1.165, 1.54) is 0 Å². The Morgan fingerprint density at radius 3 is 2.70 bits per heavy atom. The molecule has 1 amide bonds. The van der Waals surface area contributed by atoms with E-state index in [9.17, 15) is 4.79 Å². The van der Waals surface area contributed by atoms with Crippen LogP contribution in [0, 0.1) is 6.92 Å². The average Bonchev–Trinajstić information content (AvgIpc) is 2.98. The summed E-state index contributed by atoms with van der Waals surface area (Å²) in [6.45, 7) is 3.56. The summed E-state index contributed by atoms with van der Waals surface area (Å²) in [6.07, 6.45) is 1.37. The fourth-order valence-corrected chi connectivity index (χ4v) is 4.58. The maximum absolute atomic E-state index is 12.4. The number of ether oxygens (including phenoxy) is 1. The summed E-state index contributed by atoms with van der Waals surface area (Å²) < 4.78 is 7.20. The van der Waals surface area contributed by atoms with E-state index in [1.807, 2.05) is 50.5 Å². The molecule has 1 aliphatic rings. The summed E-state index contributed by atoms with van der Waals surface area (Å²) in [5, 5.41) is 4.14. The van der Waals surface area contributed by atoms with Gasteiger partial charge in [0, 0.05) is 54.1 Å². The van der Waals surface area contributed by atoms with E-state index in [4.69, 9.17) is 27.9 Å². The van der Waals surface area contributed by atoms with E-state index >= 15 is 0 Å². The minimum absolute atomic E-state index is 0.100. The number of aryl methyl sites for hydroxylation is 2. The van der Waals surface area contributed by atoms with Gasteiger partial charge < -0.3 is 14.2 Å². The molecule has 0 saturated carbocycles. The van der Waals surface area contributed by atoms with Crippen LogP contribution in [0.3, 0.4) is 0 Å². The first-order chi connectivity index (χ1) is 14.3. The lowest BCUT2D eigenvalue weighted by Gasteiger charge is -2.33. The Morgan fingerprint density at radius 2 is 1.97 bits per heavy atom. The van der Waals surface area contributed by atoms with Gasteiger partial charge in [-0.25, -0.2) is 4.79 Å². The topological polar surface area (TPSA) is 46.5 Å². The van der Waals surface area contributed by atoms with Crippen molar-refractivity contribution in [2.75, 3.05) is 18.9 Å². The number of hydrogen-bond donors (Lipinski definition) is 1. The molecular weight excluding hydrogens is 421 g/mol. The molecule has 30 heavy (non-hydrogen) atoms. The second kappa shape index (κ2) is 8.34. The molecule has 1 N–H and O–H groups in total. The minimum Gasteiger partial charge on any atom is -0.393 e. The average molecular weight is 444 g/mol. The summed E-state index contributed by atoms with van der Waals surface area (Å²) in [6, 6.07) is 13.4. The number of benzene rings is 2. The fourth-order valence-electron chi connectivity index (χ4n) is 4.01. The van der Waals surface area contributed by atoms with Crippen molar-refractivity contribution in [1.29, 1.82) is 0 Å². The van der Waals surface area contributed by atoms with Gasteiger partial charge in [0.05, 0.1) is 0 Å². The number of nitrogens with zero attached hydrogens (tertiary/aromatic N) is 2. The standard InChI is InChI=1S/C23H23Cl2N3O2/c1-14-7-22(28(3)11-14)30-23(29)26-17-6-4-5-15(8-17)19-12-27(2)13-20-18(19)9-16(24)10-21(20)25/h4-11,19H,12-13H2,1-3H3,(H,26,29). The van der Waals surface area contributed by atoms with Gasteiger partial charge in [0.2, 0.25) is 5.88 Å². The summed E-state index contributed by atoms with van der Waals surface area (Å²) in [5.41, 5.74) is 5.00. The second-order valence-corrected chi connectivity index (χ2v) is 8.65. The smallest absolute Gasteiger partial charge is 0.393 e. The Morgan fingerprint density at radius 1 is 1.17 bits per heavy atom. The number of halogens is 2. The number of fused-ring (bicyclic) bond motifs is 1. The molecule has 0 radical (unpaired) electrons. The van der Waals surface area contributed by atoms with Gasteiger partial charge in [0.1, 0.15) is 0 Å². The number of carbonyl (C=O) groups excluding carboxylic acids is 1. The van der Waals surface area contributed by atoms with E-state index in [2.05, 4.69) is 23.3 Å². The SMILES string of the molecule is Cc1cc(OC(=O)Nc2cccc(C3CN(C)Cc4c(Cl)cc(Cl)cc43)c2)n(C)c1. The molecule has 156 valence electrons. The van der Waals surface area contributed by atoms with Crippen molar-refractivity contribution in [2.45, 2.75) is 19.4 Å². The molecule has 5 nitrogen and oxygen atoms in total. The lowest BCUT2D eigenvalue weighted by Crippen LogP contribution is -2.31. The van der Waals surface area contributed by atoms with E-state index in [0.717, 1.165) is 35.3 Å². The molecule has 4 rings (SSSR count). The summed E-state index contributed by atoms with van der Waals surface area (Å²) in [4.78, 5) is 14.6. The highest BCUT2D eigenvalue weighted by Crippen LogP contribution is 2.38. The third-order valence-electron chi connectivity index (χ3n) is 5.32. The van der Waals surface area contributed by atoms with Crippen LogP contribution in [-0.2, 0) is 13.6 Å². The molecule has 1 aliphatic heterocycles. The molecule has 1 unspecified atom stereocenters. The van der Waals surface area contributed by atoms with E-state index in [-0.39, 0.29) is 5.92 Å². The quantitative estimate of drug-likeness (QED) is 0.553. The van der Waals surface area contributed by atoms with Gasteiger partial charge in [-0.05, 0) is 60.5 Å². The Kier molecular flexibility index (Phi) is 5.78. The van der Waals surface area contributed by atoms with Crippen LogP contribution in [0.5, 0.6) is 5.88 Å². The van der Waals surface area contributed by atoms with Crippen molar-refractivity contribution < 1.29 is 9.53 Å². The van der Waals surface area contributed by atoms with Gasteiger partial charge in [-0.3, -0.25) is 5.32 Å². The first-order valence-electron chi connectivity index (χ1n) is 9.68. The highest BCUT2D eigenvalue weighted by molar-refractivity contribution is 6.35. The molecular formula is C23H23Cl2N3O2. The number of nitrogens with one attached hydrogen (secondary N) is 1. The zero-order valence-electron chi connectivity index (χ0n) is 17.1.